The molecule has 1 amide bonds. The van der Waals surface area contributed by atoms with E-state index in [1.807, 2.05) is 19.1 Å². The van der Waals surface area contributed by atoms with Gasteiger partial charge < -0.3 is 14.4 Å². The lowest BCUT2D eigenvalue weighted by Gasteiger charge is -2.30. The molecule has 6 nitrogen and oxygen atoms in total. The first-order chi connectivity index (χ1) is 10.5. The van der Waals surface area contributed by atoms with Crippen LogP contribution < -0.4 is 4.74 Å². The molecule has 0 bridgehead atoms. The van der Waals surface area contributed by atoms with Crippen LogP contribution in [-0.4, -0.2) is 49.4 Å². The second-order valence-electron chi connectivity index (χ2n) is 5.23. The molecule has 22 heavy (non-hydrogen) atoms. The highest BCUT2D eigenvalue weighted by Crippen LogP contribution is 2.16. The van der Waals surface area contributed by atoms with Gasteiger partial charge in [0.25, 0.3) is 5.91 Å². The van der Waals surface area contributed by atoms with Gasteiger partial charge in [-0.15, -0.1) is 0 Å². The molecule has 2 rings (SSSR count). The normalized spacial score (nSPS) is 18.0. The van der Waals surface area contributed by atoms with Gasteiger partial charge in [0.15, 0.2) is 12.4 Å². The summed E-state index contributed by atoms with van der Waals surface area (Å²) in [5.41, 5.74) is 1.11. The number of carbonyl (C=O) groups excluding carboxylic acids is 3. The average Bonchev–Trinajstić information content (AvgIpc) is 2.53. The maximum Gasteiger partial charge on any atom is 0.318 e. The molecular weight excluding hydrogens is 286 g/mol. The number of esters is 1. The minimum atomic E-state index is -0.887. The van der Waals surface area contributed by atoms with E-state index in [2.05, 4.69) is 4.74 Å². The number of piperidine rings is 1. The highest BCUT2D eigenvalue weighted by molar-refractivity contribution is 6.00. The van der Waals surface area contributed by atoms with Crippen molar-refractivity contribution < 1.29 is 23.9 Å². The van der Waals surface area contributed by atoms with Crippen molar-refractivity contribution >= 4 is 17.7 Å². The Hall–Kier alpha value is -2.37. The summed E-state index contributed by atoms with van der Waals surface area (Å²) in [5, 5.41) is 0. The van der Waals surface area contributed by atoms with E-state index in [-0.39, 0.29) is 31.3 Å². The quantitative estimate of drug-likeness (QED) is 0.612. The number of amides is 1. The number of likely N-dealkylation sites (tertiary alicyclic amines) is 1. The molecule has 1 saturated heterocycles. The number of Topliss-reactive ketones (excluding diaryl/α,β-unsaturated/α-hetero) is 1. The smallest absolute Gasteiger partial charge is 0.318 e. The second-order valence-corrected chi connectivity index (χ2v) is 5.23. The minimum absolute atomic E-state index is 0.0571. The van der Waals surface area contributed by atoms with E-state index in [0.717, 1.165) is 5.56 Å². The number of hydrogen-bond donors (Lipinski definition) is 0. The van der Waals surface area contributed by atoms with E-state index < -0.39 is 11.9 Å². The lowest BCUT2D eigenvalue weighted by Crippen LogP contribution is -2.48. The van der Waals surface area contributed by atoms with Crippen LogP contribution >= 0.6 is 0 Å². The Bertz CT molecular complexity index is 558. The lowest BCUT2D eigenvalue weighted by molar-refractivity contribution is -0.153. The summed E-state index contributed by atoms with van der Waals surface area (Å²) in [6, 6.07) is 7.37. The van der Waals surface area contributed by atoms with Crippen molar-refractivity contribution in [3.63, 3.8) is 0 Å². The molecule has 1 unspecified atom stereocenters. The van der Waals surface area contributed by atoms with Crippen LogP contribution in [0.3, 0.4) is 0 Å². The van der Waals surface area contributed by atoms with Gasteiger partial charge in [-0.25, -0.2) is 0 Å². The van der Waals surface area contributed by atoms with Gasteiger partial charge in [0.2, 0.25) is 0 Å². The van der Waals surface area contributed by atoms with Crippen molar-refractivity contribution in [2.24, 2.45) is 5.92 Å². The summed E-state index contributed by atoms with van der Waals surface area (Å²) >= 11 is 0. The molecule has 118 valence electrons. The van der Waals surface area contributed by atoms with E-state index in [4.69, 9.17) is 4.74 Å². The van der Waals surface area contributed by atoms with Crippen molar-refractivity contribution in [3.8, 4) is 5.75 Å². The predicted molar refractivity (Wildman–Crippen MR) is 78.4 cm³/mol. The maximum absolute atomic E-state index is 12.1. The standard InChI is InChI=1S/C16H19NO5/c1-11-3-5-12(6-4-11)22-10-15(19)17-8-7-14(18)13(9-17)16(20)21-2/h3-6,13H,7-10H2,1-2H3. The number of aryl methyl sites for hydroxylation is 1. The molecule has 1 aromatic rings. The topological polar surface area (TPSA) is 72.9 Å². The number of hydrogen-bond acceptors (Lipinski definition) is 5. The van der Waals surface area contributed by atoms with Crippen LogP contribution in [0.5, 0.6) is 5.75 Å². The van der Waals surface area contributed by atoms with E-state index >= 15 is 0 Å². The maximum atomic E-state index is 12.1. The van der Waals surface area contributed by atoms with Crippen molar-refractivity contribution in [2.45, 2.75) is 13.3 Å². The molecule has 1 heterocycles. The van der Waals surface area contributed by atoms with Crippen LogP contribution in [0.25, 0.3) is 0 Å². The summed E-state index contributed by atoms with van der Waals surface area (Å²) in [4.78, 5) is 36.9. The van der Waals surface area contributed by atoms with E-state index in [0.29, 0.717) is 12.3 Å². The summed E-state index contributed by atoms with van der Waals surface area (Å²) in [6.07, 6.45) is 0.163. The van der Waals surface area contributed by atoms with Gasteiger partial charge in [-0.2, -0.15) is 0 Å². The monoisotopic (exact) mass is 305 g/mol. The van der Waals surface area contributed by atoms with Gasteiger partial charge in [-0.3, -0.25) is 14.4 Å². The molecule has 6 heteroatoms. The number of ketones is 1. The summed E-state index contributed by atoms with van der Waals surface area (Å²) < 4.78 is 10.0. The highest BCUT2D eigenvalue weighted by Gasteiger charge is 2.35. The van der Waals surface area contributed by atoms with Crippen LogP contribution in [0.15, 0.2) is 24.3 Å². The number of benzene rings is 1. The first-order valence-electron chi connectivity index (χ1n) is 7.09. The molecule has 0 radical (unpaired) electrons. The van der Waals surface area contributed by atoms with Gasteiger partial charge in [0.1, 0.15) is 11.7 Å². The molecule has 1 aliphatic heterocycles. The highest BCUT2D eigenvalue weighted by atomic mass is 16.5. The zero-order valence-corrected chi connectivity index (χ0v) is 12.7. The summed E-state index contributed by atoms with van der Waals surface area (Å²) in [7, 11) is 1.23. The zero-order valence-electron chi connectivity index (χ0n) is 12.7. The third-order valence-electron chi connectivity index (χ3n) is 3.64. The molecule has 0 aliphatic carbocycles. The SMILES string of the molecule is COC(=O)C1CN(C(=O)COc2ccc(C)cc2)CCC1=O. The summed E-state index contributed by atoms with van der Waals surface area (Å²) in [6.45, 7) is 2.21. The van der Waals surface area contributed by atoms with Crippen molar-refractivity contribution in [1.82, 2.24) is 4.90 Å². The number of methoxy groups -OCH3 is 1. The lowest BCUT2D eigenvalue weighted by atomic mass is 9.96. The van der Waals surface area contributed by atoms with Crippen LogP contribution in [0.2, 0.25) is 0 Å². The van der Waals surface area contributed by atoms with Crippen molar-refractivity contribution in [1.29, 1.82) is 0 Å². The molecule has 1 fully saturated rings. The van der Waals surface area contributed by atoms with Gasteiger partial charge in [0.05, 0.1) is 7.11 Å². The molecule has 0 spiro atoms. The fourth-order valence-electron chi connectivity index (χ4n) is 2.28. The van der Waals surface area contributed by atoms with Gasteiger partial charge in [0, 0.05) is 19.5 Å². The fraction of sp³-hybridized carbons (Fsp3) is 0.438. The van der Waals surface area contributed by atoms with Gasteiger partial charge in [-0.1, -0.05) is 17.7 Å². The van der Waals surface area contributed by atoms with E-state index in [9.17, 15) is 14.4 Å². The van der Waals surface area contributed by atoms with Gasteiger partial charge in [-0.05, 0) is 19.1 Å². The third-order valence-corrected chi connectivity index (χ3v) is 3.64. The Labute approximate surface area is 129 Å². The third kappa shape index (κ3) is 3.84. The van der Waals surface area contributed by atoms with Crippen molar-refractivity contribution in [2.75, 3.05) is 26.8 Å². The Balaban J connectivity index is 1.90. The van der Waals surface area contributed by atoms with E-state index in [1.165, 1.54) is 12.0 Å². The molecule has 1 aliphatic rings. The first-order valence-corrected chi connectivity index (χ1v) is 7.09. The number of ether oxygens (including phenoxy) is 2. The molecule has 1 aromatic carbocycles. The first kappa shape index (κ1) is 16.0. The molecule has 0 aromatic heterocycles. The Morgan fingerprint density at radius 1 is 1.27 bits per heavy atom. The predicted octanol–water partition coefficient (Wildman–Crippen LogP) is 0.964. The van der Waals surface area contributed by atoms with Crippen LogP contribution in [0, 0.1) is 12.8 Å². The average molecular weight is 305 g/mol. The molecular formula is C16H19NO5. The minimum Gasteiger partial charge on any atom is -0.484 e. The van der Waals surface area contributed by atoms with Gasteiger partial charge >= 0.3 is 5.97 Å². The number of carbonyl (C=O) groups is 3. The van der Waals surface area contributed by atoms with Crippen molar-refractivity contribution in [3.05, 3.63) is 29.8 Å². The molecule has 1 atom stereocenters. The largest absolute Gasteiger partial charge is 0.484 e. The van der Waals surface area contributed by atoms with E-state index in [1.54, 1.807) is 12.1 Å². The second kappa shape index (κ2) is 7.06. The fourth-order valence-corrected chi connectivity index (χ4v) is 2.28. The zero-order chi connectivity index (χ0) is 16.1. The van der Waals surface area contributed by atoms with Crippen LogP contribution in [-0.2, 0) is 19.1 Å². The summed E-state index contributed by atoms with van der Waals surface area (Å²) in [5.74, 6) is -1.31. The van der Waals surface area contributed by atoms with Crippen LogP contribution in [0.4, 0.5) is 0 Å². The molecule has 0 saturated carbocycles. The number of nitrogens with zero attached hydrogens (tertiary/aromatic N) is 1. The Morgan fingerprint density at radius 3 is 2.59 bits per heavy atom. The Kier molecular flexibility index (Phi) is 5.14. The Morgan fingerprint density at radius 2 is 1.95 bits per heavy atom. The van der Waals surface area contributed by atoms with Crippen LogP contribution in [0.1, 0.15) is 12.0 Å². The number of rotatable bonds is 4. The molecule has 0 N–H and O–H groups in total.